The largest absolute Gasteiger partial charge is 0.481 e. The number of aryl methyl sites for hydroxylation is 1. The lowest BCUT2D eigenvalue weighted by Crippen LogP contribution is -2.35. The first kappa shape index (κ1) is 41.8. The lowest BCUT2D eigenvalue weighted by Gasteiger charge is -2.15. The van der Waals surface area contributed by atoms with Gasteiger partial charge in [0.1, 0.15) is 10.7 Å². The van der Waals surface area contributed by atoms with E-state index in [1.54, 1.807) is 4.72 Å². The van der Waals surface area contributed by atoms with Crippen molar-refractivity contribution in [2.45, 2.75) is 22.9 Å². The molecule has 0 spiro atoms. The molecule has 4 aromatic heterocycles. The van der Waals surface area contributed by atoms with Gasteiger partial charge in [-0.2, -0.15) is 42.6 Å². The van der Waals surface area contributed by atoms with E-state index in [9.17, 15) is 39.6 Å². The molecule has 0 aliphatic rings. The van der Waals surface area contributed by atoms with Gasteiger partial charge in [-0.05, 0) is 53.8 Å². The molecule has 0 unspecified atom stereocenters. The van der Waals surface area contributed by atoms with E-state index in [1.165, 1.54) is 40.4 Å². The predicted molar refractivity (Wildman–Crippen MR) is 187 cm³/mol. The fraction of sp³-hybridized carbons (Fsp3) is 0.222. The van der Waals surface area contributed by atoms with E-state index in [0.29, 0.717) is 9.64 Å². The van der Waals surface area contributed by atoms with E-state index >= 15 is 0 Å². The molecule has 0 saturated heterocycles. The topological polar surface area (TPSA) is 290 Å². The minimum atomic E-state index is -4.98. The van der Waals surface area contributed by atoms with Crippen molar-refractivity contribution in [3.8, 4) is 23.7 Å². The van der Waals surface area contributed by atoms with Gasteiger partial charge in [0, 0.05) is 9.77 Å². The molecule has 55 heavy (non-hydrogen) atoms. The Morgan fingerprint density at radius 2 is 1.58 bits per heavy atom. The number of hydrogen-bond acceptors (Lipinski definition) is 17. The van der Waals surface area contributed by atoms with Crippen molar-refractivity contribution < 1.29 is 63.6 Å². The molecule has 28 heteroatoms. The van der Waals surface area contributed by atoms with Crippen molar-refractivity contribution in [1.29, 1.82) is 0 Å². The van der Waals surface area contributed by atoms with Crippen molar-refractivity contribution in [1.82, 2.24) is 44.2 Å². The van der Waals surface area contributed by atoms with E-state index in [0.717, 1.165) is 30.0 Å². The number of aromatic nitrogens is 8. The number of alkyl halides is 3. The number of carboxylic acid groups (broad SMARTS) is 1. The van der Waals surface area contributed by atoms with E-state index in [1.807, 2.05) is 27.3 Å². The van der Waals surface area contributed by atoms with Gasteiger partial charge in [-0.25, -0.2) is 40.9 Å². The summed E-state index contributed by atoms with van der Waals surface area (Å²) in [5.74, 6) is -2.65. The smallest absolute Gasteiger partial charge is 0.418 e. The first-order chi connectivity index (χ1) is 25.7. The van der Waals surface area contributed by atoms with Crippen molar-refractivity contribution in [2.75, 3.05) is 38.5 Å². The Balaban J connectivity index is 0.000000246. The molecule has 0 fully saturated rings. The molecule has 4 heterocycles. The van der Waals surface area contributed by atoms with E-state index in [4.69, 9.17) is 24.1 Å². The van der Waals surface area contributed by atoms with Crippen molar-refractivity contribution >= 4 is 72.3 Å². The number of pyridine rings is 1. The second-order valence-corrected chi connectivity index (χ2v) is 14.5. The maximum Gasteiger partial charge on any atom is 0.418 e. The van der Waals surface area contributed by atoms with Gasteiger partial charge in [-0.1, -0.05) is 0 Å². The van der Waals surface area contributed by atoms with Crippen LogP contribution in [0.25, 0.3) is 5.78 Å². The zero-order valence-corrected chi connectivity index (χ0v) is 32.2. The van der Waals surface area contributed by atoms with Crippen LogP contribution in [-0.2, 0) is 26.2 Å². The van der Waals surface area contributed by atoms with Crippen LogP contribution in [0.2, 0.25) is 0 Å². The molecule has 0 aliphatic carbocycles. The Hall–Kier alpha value is -5.91. The van der Waals surface area contributed by atoms with Gasteiger partial charge in [-0.15, -0.1) is 5.10 Å². The zero-order valence-electron chi connectivity index (χ0n) is 28.4. The van der Waals surface area contributed by atoms with Gasteiger partial charge in [0.15, 0.2) is 4.90 Å². The molecule has 4 N–H and O–H groups in total. The van der Waals surface area contributed by atoms with Crippen LogP contribution >= 0.6 is 22.6 Å². The lowest BCUT2D eigenvalue weighted by atomic mass is 10.2. The summed E-state index contributed by atoms with van der Waals surface area (Å²) in [6.07, 6.45) is -4.20. The molecule has 0 atom stereocenters. The van der Waals surface area contributed by atoms with Crippen LogP contribution in [0.5, 0.6) is 23.7 Å². The summed E-state index contributed by atoms with van der Waals surface area (Å²) in [7, 11) is -4.34. The number of carbonyl (C=O) groups is 2. The van der Waals surface area contributed by atoms with Gasteiger partial charge >= 0.3 is 24.2 Å². The van der Waals surface area contributed by atoms with Gasteiger partial charge in [-0.3, -0.25) is 5.32 Å². The van der Waals surface area contributed by atoms with Gasteiger partial charge in [0.2, 0.25) is 23.6 Å². The summed E-state index contributed by atoms with van der Waals surface area (Å²) in [6.45, 7) is 1.52. The summed E-state index contributed by atoms with van der Waals surface area (Å²) >= 11 is 1.82. The summed E-state index contributed by atoms with van der Waals surface area (Å²) in [6, 6.07) is 4.33. The number of carboxylic acids is 1. The standard InChI is InChI=1S/C14H13F3N6O5S.C13H12IN5O6S/c1-26-8-6-9(27-2)23-13(19-8)20-12(21-23)22-29(24,25)10-7(14(15,16)17)4-5-18-11(10)28-3;1-6-15-11(18-13(16-6)25-2)17-12(22)19-26(23,24)9-5-7(14)3-4-8(9)10(20)21/h4-6H,1-3H3,(H,21,22);3-5H,1-2H3,(H,20,21)(H2,15,16,17,18,19,22). The van der Waals surface area contributed by atoms with E-state index < -0.39 is 71.0 Å². The molecule has 294 valence electrons. The number of methoxy groups -OCH3 is 4. The fourth-order valence-corrected chi connectivity index (χ4v) is 7.25. The Bertz CT molecular complexity index is 2490. The zero-order chi connectivity index (χ0) is 40.9. The molecular formula is C27H25F3IN11O11S2. The molecule has 0 bridgehead atoms. The number of nitrogens with one attached hydrogen (secondary N) is 3. The number of rotatable bonds is 11. The fourth-order valence-electron chi connectivity index (χ4n) is 4.15. The number of fused-ring (bicyclic) bond motifs is 1. The van der Waals surface area contributed by atoms with Gasteiger partial charge in [0.05, 0.1) is 45.6 Å². The number of amides is 2. The number of nitrogens with zero attached hydrogens (tertiary/aromatic N) is 8. The second kappa shape index (κ2) is 16.6. The number of hydrogen-bond donors (Lipinski definition) is 4. The molecule has 0 radical (unpaired) electrons. The Labute approximate surface area is 321 Å². The molecule has 0 saturated carbocycles. The highest BCUT2D eigenvalue weighted by Crippen LogP contribution is 2.38. The summed E-state index contributed by atoms with van der Waals surface area (Å²) in [5, 5.41) is 15.1. The maximum absolute atomic E-state index is 13.3. The lowest BCUT2D eigenvalue weighted by molar-refractivity contribution is -0.140. The predicted octanol–water partition coefficient (Wildman–Crippen LogP) is 2.37. The van der Waals surface area contributed by atoms with Crippen LogP contribution in [0.3, 0.4) is 0 Å². The Kier molecular flexibility index (Phi) is 12.6. The average molecular weight is 928 g/mol. The van der Waals surface area contributed by atoms with E-state index in [-0.39, 0.29) is 35.3 Å². The number of anilines is 2. The average Bonchev–Trinajstić information content (AvgIpc) is 3.51. The third-order valence-corrected chi connectivity index (χ3v) is 9.79. The number of benzene rings is 1. The van der Waals surface area contributed by atoms with Crippen LogP contribution in [0.1, 0.15) is 21.7 Å². The summed E-state index contributed by atoms with van der Waals surface area (Å²) < 4.78 is 115. The molecule has 0 aliphatic heterocycles. The number of ether oxygens (including phenoxy) is 4. The first-order valence-electron chi connectivity index (χ1n) is 14.3. The minimum Gasteiger partial charge on any atom is -0.481 e. The normalized spacial score (nSPS) is 11.5. The highest BCUT2D eigenvalue weighted by Gasteiger charge is 2.40. The van der Waals surface area contributed by atoms with Crippen LogP contribution in [-0.4, -0.2) is 102 Å². The van der Waals surface area contributed by atoms with Crippen LogP contribution in [0.15, 0.2) is 46.3 Å². The maximum atomic E-state index is 13.3. The molecular weight excluding hydrogens is 902 g/mol. The summed E-state index contributed by atoms with van der Waals surface area (Å²) in [4.78, 5) is 44.2. The van der Waals surface area contributed by atoms with Crippen molar-refractivity contribution in [2.24, 2.45) is 0 Å². The van der Waals surface area contributed by atoms with Gasteiger partial charge in [0.25, 0.3) is 31.8 Å². The quantitative estimate of drug-likeness (QED) is 0.138. The third kappa shape index (κ3) is 10.00. The molecule has 5 aromatic rings. The van der Waals surface area contributed by atoms with Crippen molar-refractivity contribution in [3.63, 3.8) is 0 Å². The number of sulfonamides is 2. The Morgan fingerprint density at radius 3 is 2.18 bits per heavy atom. The number of halogens is 4. The highest BCUT2D eigenvalue weighted by molar-refractivity contribution is 14.1. The minimum absolute atomic E-state index is 0.0681. The van der Waals surface area contributed by atoms with Crippen LogP contribution < -0.4 is 33.7 Å². The number of aromatic carboxylic acids is 1. The third-order valence-electron chi connectivity index (χ3n) is 6.36. The first-order valence-corrected chi connectivity index (χ1v) is 18.4. The number of carbonyl (C=O) groups excluding carboxylic acids is 1. The molecule has 5 rings (SSSR count). The second-order valence-electron chi connectivity index (χ2n) is 9.99. The Morgan fingerprint density at radius 1 is 0.873 bits per heavy atom. The molecule has 2 amide bonds. The monoisotopic (exact) mass is 927 g/mol. The highest BCUT2D eigenvalue weighted by atomic mass is 127. The van der Waals surface area contributed by atoms with E-state index in [2.05, 4.69) is 40.3 Å². The van der Waals surface area contributed by atoms with Crippen molar-refractivity contribution in [3.05, 3.63) is 57.1 Å². The number of urea groups is 1. The van der Waals surface area contributed by atoms with Crippen LogP contribution in [0.4, 0.5) is 29.9 Å². The molecule has 1 aromatic carbocycles. The van der Waals surface area contributed by atoms with Crippen LogP contribution in [0, 0.1) is 10.5 Å². The SMILES string of the molecule is COc1cc(OC)n2nc(NS(=O)(=O)c3c(C(F)(F)F)ccnc3OC)nc2n1.COc1nc(C)nc(NC(=O)NS(=O)(=O)c2cc(I)ccc2C(=O)O)n1. The van der Waals surface area contributed by atoms with Gasteiger partial charge < -0.3 is 24.1 Å². The summed E-state index contributed by atoms with van der Waals surface area (Å²) in [5.41, 5.74) is -1.93. The molecule has 22 nitrogen and oxygen atoms in total.